The van der Waals surface area contributed by atoms with Gasteiger partial charge in [-0.2, -0.15) is 15.6 Å². The van der Waals surface area contributed by atoms with E-state index in [9.17, 15) is 0 Å². The van der Waals surface area contributed by atoms with E-state index in [0.717, 1.165) is 22.3 Å². The summed E-state index contributed by atoms with van der Waals surface area (Å²) in [5, 5.41) is 21.9. The molecule has 0 aliphatic heterocycles. The van der Waals surface area contributed by atoms with Crippen LogP contribution in [0.1, 0.15) is 0 Å². The average molecular weight is 286 g/mol. The van der Waals surface area contributed by atoms with Gasteiger partial charge in [-0.3, -0.25) is 5.43 Å². The van der Waals surface area contributed by atoms with E-state index in [4.69, 9.17) is 14.9 Å². The highest BCUT2D eigenvalue weighted by Gasteiger charge is 2.06. The number of benzene rings is 2. The number of nitrogens with zero attached hydrogens (tertiary/aromatic N) is 3. The fourth-order valence-electron chi connectivity index (χ4n) is 2.05. The molecule has 0 fully saturated rings. The normalized spacial score (nSPS) is 9.73. The Morgan fingerprint density at radius 1 is 1.00 bits per heavy atom. The fourth-order valence-corrected chi connectivity index (χ4v) is 2.05. The van der Waals surface area contributed by atoms with Crippen molar-refractivity contribution < 1.29 is 4.42 Å². The molecule has 22 heavy (non-hydrogen) atoms. The lowest BCUT2D eigenvalue weighted by atomic mass is 10.1. The molecule has 0 saturated carbocycles. The van der Waals surface area contributed by atoms with Crippen LogP contribution in [0.3, 0.4) is 0 Å². The first-order valence-corrected chi connectivity index (χ1v) is 6.53. The van der Waals surface area contributed by atoms with Gasteiger partial charge in [-0.1, -0.05) is 30.3 Å². The van der Waals surface area contributed by atoms with Crippen molar-refractivity contribution in [3.05, 3.63) is 54.6 Å². The molecule has 3 rings (SSSR count). The van der Waals surface area contributed by atoms with Crippen molar-refractivity contribution in [1.82, 2.24) is 0 Å². The number of furan rings is 1. The molecular weight excluding hydrogens is 276 g/mol. The minimum atomic E-state index is -0.225. The summed E-state index contributed by atoms with van der Waals surface area (Å²) in [6.07, 6.45) is 0. The van der Waals surface area contributed by atoms with Crippen molar-refractivity contribution in [1.29, 1.82) is 10.5 Å². The summed E-state index contributed by atoms with van der Waals surface area (Å²) in [6.45, 7) is 0. The Morgan fingerprint density at radius 3 is 2.50 bits per heavy atom. The third kappa shape index (κ3) is 2.65. The van der Waals surface area contributed by atoms with E-state index in [1.54, 1.807) is 18.2 Å². The van der Waals surface area contributed by atoms with E-state index in [0.29, 0.717) is 5.69 Å². The smallest absolute Gasteiger partial charge is 0.237 e. The zero-order valence-electron chi connectivity index (χ0n) is 11.4. The number of rotatable bonds is 3. The molecular formula is C17H10N4O. The molecule has 5 nitrogen and oxygen atoms in total. The first-order valence-electron chi connectivity index (χ1n) is 6.53. The molecule has 0 aliphatic rings. The Morgan fingerprint density at radius 2 is 1.77 bits per heavy atom. The summed E-state index contributed by atoms with van der Waals surface area (Å²) in [6, 6.07) is 20.6. The SMILES string of the molecule is N#CC(C#N)=NNc1ccc2oc(-c3ccccc3)cc2c1. The van der Waals surface area contributed by atoms with Crippen molar-refractivity contribution in [2.45, 2.75) is 0 Å². The first-order chi connectivity index (χ1) is 10.8. The maximum absolute atomic E-state index is 8.65. The molecule has 0 atom stereocenters. The second-order valence-electron chi connectivity index (χ2n) is 4.53. The molecule has 0 aliphatic carbocycles. The Kier molecular flexibility index (Phi) is 3.55. The van der Waals surface area contributed by atoms with Gasteiger partial charge in [-0.15, -0.1) is 0 Å². The molecule has 2 aromatic carbocycles. The molecule has 1 heterocycles. The molecule has 0 unspecified atom stereocenters. The van der Waals surface area contributed by atoms with Gasteiger partial charge < -0.3 is 4.42 Å². The molecule has 5 heteroatoms. The second-order valence-corrected chi connectivity index (χ2v) is 4.53. The van der Waals surface area contributed by atoms with Crippen LogP contribution >= 0.6 is 0 Å². The molecule has 3 aromatic rings. The van der Waals surface area contributed by atoms with Crippen LogP contribution in [0.25, 0.3) is 22.3 Å². The number of hydrazone groups is 1. The van der Waals surface area contributed by atoms with E-state index in [2.05, 4.69) is 10.5 Å². The maximum Gasteiger partial charge on any atom is 0.237 e. The summed E-state index contributed by atoms with van der Waals surface area (Å²) in [5.41, 5.74) is 4.90. The van der Waals surface area contributed by atoms with Crippen LogP contribution in [0.4, 0.5) is 5.69 Å². The molecule has 0 bridgehead atoms. The predicted molar refractivity (Wildman–Crippen MR) is 83.9 cm³/mol. The van der Waals surface area contributed by atoms with E-state index < -0.39 is 0 Å². The van der Waals surface area contributed by atoms with Crippen LogP contribution in [-0.4, -0.2) is 5.71 Å². The monoisotopic (exact) mass is 286 g/mol. The van der Waals surface area contributed by atoms with Gasteiger partial charge in [0.15, 0.2) is 0 Å². The lowest BCUT2D eigenvalue weighted by Crippen LogP contribution is -1.95. The summed E-state index contributed by atoms with van der Waals surface area (Å²) in [5.74, 6) is 0.783. The van der Waals surface area contributed by atoms with Crippen LogP contribution in [-0.2, 0) is 0 Å². The second kappa shape index (κ2) is 5.82. The fraction of sp³-hybridized carbons (Fsp3) is 0. The molecule has 0 spiro atoms. The minimum Gasteiger partial charge on any atom is -0.456 e. The van der Waals surface area contributed by atoms with Crippen LogP contribution in [0.5, 0.6) is 0 Å². The highest BCUT2D eigenvalue weighted by Crippen LogP contribution is 2.29. The molecule has 0 radical (unpaired) electrons. The Balaban J connectivity index is 1.93. The Hall–Kier alpha value is -3.57. The summed E-state index contributed by atoms with van der Waals surface area (Å²) < 4.78 is 5.81. The van der Waals surface area contributed by atoms with Crippen LogP contribution in [0.15, 0.2) is 64.1 Å². The van der Waals surface area contributed by atoms with Crippen molar-refractivity contribution in [2.24, 2.45) is 5.10 Å². The third-order valence-electron chi connectivity index (χ3n) is 3.08. The largest absolute Gasteiger partial charge is 0.456 e. The van der Waals surface area contributed by atoms with Gasteiger partial charge in [0.2, 0.25) is 5.71 Å². The number of fused-ring (bicyclic) bond motifs is 1. The zero-order chi connectivity index (χ0) is 15.4. The molecule has 0 saturated heterocycles. The number of nitriles is 2. The topological polar surface area (TPSA) is 85.1 Å². The van der Waals surface area contributed by atoms with Gasteiger partial charge in [0.25, 0.3) is 0 Å². The van der Waals surface area contributed by atoms with Gasteiger partial charge in [-0.05, 0) is 24.3 Å². The Bertz CT molecular complexity index is 911. The lowest BCUT2D eigenvalue weighted by Gasteiger charge is -1.98. The lowest BCUT2D eigenvalue weighted by molar-refractivity contribution is 0.631. The van der Waals surface area contributed by atoms with Gasteiger partial charge in [0, 0.05) is 10.9 Å². The molecule has 0 amide bonds. The first kappa shape index (κ1) is 13.4. The Labute approximate surface area is 126 Å². The predicted octanol–water partition coefficient (Wildman–Crippen LogP) is 3.91. The number of hydrogen-bond donors (Lipinski definition) is 1. The summed E-state index contributed by atoms with van der Waals surface area (Å²) >= 11 is 0. The van der Waals surface area contributed by atoms with Crippen LogP contribution in [0.2, 0.25) is 0 Å². The quantitative estimate of drug-likeness (QED) is 0.584. The van der Waals surface area contributed by atoms with E-state index in [1.807, 2.05) is 48.5 Å². The van der Waals surface area contributed by atoms with E-state index >= 15 is 0 Å². The summed E-state index contributed by atoms with van der Waals surface area (Å²) in [7, 11) is 0. The minimum absolute atomic E-state index is 0.225. The van der Waals surface area contributed by atoms with Crippen molar-refractivity contribution in [2.75, 3.05) is 5.43 Å². The van der Waals surface area contributed by atoms with Gasteiger partial charge in [0.1, 0.15) is 23.5 Å². The standard InChI is InChI=1S/C17H10N4O/c18-10-15(11-19)21-20-14-6-7-16-13(8-14)9-17(22-16)12-4-2-1-3-5-12/h1-9,20H. The van der Waals surface area contributed by atoms with Crippen molar-refractivity contribution >= 4 is 22.4 Å². The number of anilines is 1. The van der Waals surface area contributed by atoms with Gasteiger partial charge in [0.05, 0.1) is 5.69 Å². The number of nitrogens with one attached hydrogen (secondary N) is 1. The average Bonchev–Trinajstić information content (AvgIpc) is 3.00. The maximum atomic E-state index is 8.65. The van der Waals surface area contributed by atoms with Crippen molar-refractivity contribution in [3.8, 4) is 23.5 Å². The van der Waals surface area contributed by atoms with Gasteiger partial charge in [-0.25, -0.2) is 0 Å². The van der Waals surface area contributed by atoms with E-state index in [1.165, 1.54) is 0 Å². The molecule has 1 aromatic heterocycles. The van der Waals surface area contributed by atoms with Gasteiger partial charge >= 0.3 is 0 Å². The highest BCUT2D eigenvalue weighted by atomic mass is 16.3. The van der Waals surface area contributed by atoms with E-state index in [-0.39, 0.29) is 5.71 Å². The van der Waals surface area contributed by atoms with Crippen LogP contribution in [0, 0.1) is 22.7 Å². The molecule has 1 N–H and O–H groups in total. The number of hydrogen-bond acceptors (Lipinski definition) is 5. The zero-order valence-corrected chi connectivity index (χ0v) is 11.4. The van der Waals surface area contributed by atoms with Crippen molar-refractivity contribution in [3.63, 3.8) is 0 Å². The highest BCUT2D eigenvalue weighted by molar-refractivity contribution is 6.10. The summed E-state index contributed by atoms with van der Waals surface area (Å²) in [4.78, 5) is 0. The third-order valence-corrected chi connectivity index (χ3v) is 3.08. The molecule has 104 valence electrons. The van der Waals surface area contributed by atoms with Crippen LogP contribution < -0.4 is 5.43 Å².